The van der Waals surface area contributed by atoms with E-state index in [2.05, 4.69) is 135 Å². The van der Waals surface area contributed by atoms with E-state index >= 15 is 0 Å². The van der Waals surface area contributed by atoms with Crippen molar-refractivity contribution >= 4 is 22.7 Å². The monoisotopic (exact) mass is 458 g/mol. The molecule has 0 saturated heterocycles. The van der Waals surface area contributed by atoms with Crippen molar-refractivity contribution in [3.8, 4) is 22.6 Å². The van der Waals surface area contributed by atoms with Gasteiger partial charge in [-0.3, -0.25) is 0 Å². The summed E-state index contributed by atoms with van der Waals surface area (Å²) in [7, 11) is 4.18. The summed E-state index contributed by atoms with van der Waals surface area (Å²) in [6, 6.07) is 38.2. The van der Waals surface area contributed by atoms with Gasteiger partial charge in [-0.15, -0.1) is 0 Å². The van der Waals surface area contributed by atoms with E-state index in [0.717, 1.165) is 34.0 Å². The lowest BCUT2D eigenvalue weighted by Gasteiger charge is -2.20. The van der Waals surface area contributed by atoms with Crippen LogP contribution in [-0.2, 0) is 0 Å². The number of furan rings is 1. The molecule has 5 rings (SSSR count). The quantitative estimate of drug-likeness (QED) is 0.253. The van der Waals surface area contributed by atoms with Gasteiger partial charge in [-0.2, -0.15) is 0 Å². The molecule has 0 aliphatic carbocycles. The van der Waals surface area contributed by atoms with Crippen LogP contribution in [0.2, 0.25) is 0 Å². The Morgan fingerprint density at radius 1 is 0.400 bits per heavy atom. The van der Waals surface area contributed by atoms with E-state index in [1.165, 1.54) is 22.5 Å². The first kappa shape index (κ1) is 22.5. The number of anilines is 4. The SMILES string of the molecule is Cc1ccc(N(C)c2ccc(-c3ccc(-c4ccc(N(C)c5ccc(C)cc5)cc4)o3)cc2)cc1. The Bertz CT molecular complexity index is 1290. The molecule has 3 nitrogen and oxygen atoms in total. The molecule has 0 fully saturated rings. The van der Waals surface area contributed by atoms with Crippen LogP contribution in [-0.4, -0.2) is 14.1 Å². The molecule has 0 N–H and O–H groups in total. The van der Waals surface area contributed by atoms with Crippen molar-refractivity contribution in [3.63, 3.8) is 0 Å². The molecule has 174 valence electrons. The van der Waals surface area contributed by atoms with Crippen molar-refractivity contribution in [2.75, 3.05) is 23.9 Å². The van der Waals surface area contributed by atoms with Gasteiger partial charge in [0.05, 0.1) is 0 Å². The van der Waals surface area contributed by atoms with Crippen molar-refractivity contribution in [2.45, 2.75) is 13.8 Å². The van der Waals surface area contributed by atoms with Crippen molar-refractivity contribution in [3.05, 3.63) is 120 Å². The van der Waals surface area contributed by atoms with Crippen LogP contribution in [0.15, 0.2) is 114 Å². The molecular weight excluding hydrogens is 428 g/mol. The third-order valence-corrected chi connectivity index (χ3v) is 6.53. The molecule has 0 atom stereocenters. The lowest BCUT2D eigenvalue weighted by Crippen LogP contribution is -2.08. The van der Waals surface area contributed by atoms with Gasteiger partial charge in [-0.25, -0.2) is 0 Å². The molecule has 0 bridgehead atoms. The highest BCUT2D eigenvalue weighted by Gasteiger charge is 2.10. The van der Waals surface area contributed by atoms with E-state index in [1.54, 1.807) is 0 Å². The van der Waals surface area contributed by atoms with Gasteiger partial charge in [0.2, 0.25) is 0 Å². The molecular formula is C32H30N2O. The van der Waals surface area contributed by atoms with Gasteiger partial charge < -0.3 is 14.2 Å². The zero-order valence-electron chi connectivity index (χ0n) is 20.7. The van der Waals surface area contributed by atoms with Crippen molar-refractivity contribution in [1.82, 2.24) is 0 Å². The fraction of sp³-hybridized carbons (Fsp3) is 0.125. The molecule has 35 heavy (non-hydrogen) atoms. The number of nitrogens with zero attached hydrogens (tertiary/aromatic N) is 2. The van der Waals surface area contributed by atoms with Crippen LogP contribution in [0.4, 0.5) is 22.7 Å². The van der Waals surface area contributed by atoms with Crippen LogP contribution in [0.25, 0.3) is 22.6 Å². The summed E-state index contributed by atoms with van der Waals surface area (Å²) in [5.41, 5.74) is 9.26. The molecule has 5 aromatic rings. The van der Waals surface area contributed by atoms with Crippen molar-refractivity contribution < 1.29 is 4.42 Å². The van der Waals surface area contributed by atoms with Gasteiger partial charge in [-0.05, 0) is 98.8 Å². The van der Waals surface area contributed by atoms with Gasteiger partial charge in [0, 0.05) is 48.0 Å². The minimum Gasteiger partial charge on any atom is -0.456 e. The molecule has 3 heteroatoms. The second-order valence-corrected chi connectivity index (χ2v) is 9.05. The van der Waals surface area contributed by atoms with Gasteiger partial charge in [-0.1, -0.05) is 35.4 Å². The van der Waals surface area contributed by atoms with Crippen LogP contribution in [0.5, 0.6) is 0 Å². The van der Waals surface area contributed by atoms with Gasteiger partial charge in [0.1, 0.15) is 11.5 Å². The Hall–Kier alpha value is -4.24. The van der Waals surface area contributed by atoms with E-state index < -0.39 is 0 Å². The molecule has 0 saturated carbocycles. The zero-order chi connectivity index (χ0) is 24.4. The Balaban J connectivity index is 1.30. The van der Waals surface area contributed by atoms with E-state index in [-0.39, 0.29) is 0 Å². The smallest absolute Gasteiger partial charge is 0.134 e. The molecule has 1 heterocycles. The lowest BCUT2D eigenvalue weighted by molar-refractivity contribution is 0.597. The van der Waals surface area contributed by atoms with Gasteiger partial charge >= 0.3 is 0 Å². The number of rotatable bonds is 6. The zero-order valence-corrected chi connectivity index (χ0v) is 20.7. The molecule has 0 radical (unpaired) electrons. The highest BCUT2D eigenvalue weighted by Crippen LogP contribution is 2.32. The lowest BCUT2D eigenvalue weighted by atomic mass is 10.1. The van der Waals surface area contributed by atoms with Crippen LogP contribution in [0.3, 0.4) is 0 Å². The predicted molar refractivity (Wildman–Crippen MR) is 148 cm³/mol. The topological polar surface area (TPSA) is 19.6 Å². The molecule has 0 unspecified atom stereocenters. The summed E-state index contributed by atoms with van der Waals surface area (Å²) < 4.78 is 6.22. The van der Waals surface area contributed by atoms with Crippen LogP contribution in [0.1, 0.15) is 11.1 Å². The van der Waals surface area contributed by atoms with Gasteiger partial charge in [0.25, 0.3) is 0 Å². The van der Waals surface area contributed by atoms with E-state index in [4.69, 9.17) is 4.42 Å². The summed E-state index contributed by atoms with van der Waals surface area (Å²) >= 11 is 0. The fourth-order valence-electron chi connectivity index (χ4n) is 4.18. The van der Waals surface area contributed by atoms with Crippen molar-refractivity contribution in [2.24, 2.45) is 0 Å². The number of hydrogen-bond donors (Lipinski definition) is 0. The average Bonchev–Trinajstić information content (AvgIpc) is 3.39. The Kier molecular flexibility index (Phi) is 6.15. The maximum absolute atomic E-state index is 6.22. The first-order valence-corrected chi connectivity index (χ1v) is 11.9. The summed E-state index contributed by atoms with van der Waals surface area (Å²) in [6.07, 6.45) is 0. The van der Waals surface area contributed by atoms with E-state index in [9.17, 15) is 0 Å². The Morgan fingerprint density at radius 2 is 0.686 bits per heavy atom. The highest BCUT2D eigenvalue weighted by molar-refractivity contribution is 5.71. The Morgan fingerprint density at radius 3 is 1.00 bits per heavy atom. The largest absolute Gasteiger partial charge is 0.456 e. The van der Waals surface area contributed by atoms with Crippen LogP contribution >= 0.6 is 0 Å². The average molecular weight is 459 g/mol. The first-order chi connectivity index (χ1) is 17.0. The third-order valence-electron chi connectivity index (χ3n) is 6.53. The maximum Gasteiger partial charge on any atom is 0.134 e. The fourth-order valence-corrected chi connectivity index (χ4v) is 4.18. The van der Waals surface area contributed by atoms with E-state index in [0.29, 0.717) is 0 Å². The summed E-state index contributed by atoms with van der Waals surface area (Å²) in [5.74, 6) is 1.73. The number of benzene rings is 4. The summed E-state index contributed by atoms with van der Waals surface area (Å²) in [4.78, 5) is 4.37. The van der Waals surface area contributed by atoms with Crippen molar-refractivity contribution in [1.29, 1.82) is 0 Å². The highest BCUT2D eigenvalue weighted by atomic mass is 16.3. The second-order valence-electron chi connectivity index (χ2n) is 9.05. The number of hydrogen-bond acceptors (Lipinski definition) is 3. The molecule has 0 aliphatic heterocycles. The minimum atomic E-state index is 0.866. The van der Waals surface area contributed by atoms with Gasteiger partial charge in [0.15, 0.2) is 0 Å². The van der Waals surface area contributed by atoms with E-state index in [1.807, 2.05) is 12.1 Å². The number of aryl methyl sites for hydroxylation is 2. The molecule has 1 aromatic heterocycles. The molecule has 0 aliphatic rings. The third kappa shape index (κ3) is 4.85. The first-order valence-electron chi connectivity index (χ1n) is 11.9. The molecule has 0 amide bonds. The minimum absolute atomic E-state index is 0.866. The van der Waals surface area contributed by atoms with Crippen LogP contribution in [0, 0.1) is 13.8 Å². The second kappa shape index (κ2) is 9.55. The Labute approximate surface area is 207 Å². The normalized spacial score (nSPS) is 10.9. The predicted octanol–water partition coefficient (Wildman–Crippen LogP) is 8.77. The van der Waals surface area contributed by atoms with Crippen LogP contribution < -0.4 is 9.80 Å². The molecule has 4 aromatic carbocycles. The maximum atomic E-state index is 6.22. The summed E-state index contributed by atoms with van der Waals surface area (Å²) in [5, 5.41) is 0. The molecule has 0 spiro atoms. The standard InChI is InChI=1S/C32H30N2O/c1-23-5-13-27(14-6-23)33(3)29-17-9-25(10-18-29)31-21-22-32(35-31)26-11-19-30(20-12-26)34(4)28-15-7-24(2)8-16-28/h5-22H,1-4H3. The summed E-state index contributed by atoms with van der Waals surface area (Å²) in [6.45, 7) is 4.21.